The van der Waals surface area contributed by atoms with Gasteiger partial charge in [0.25, 0.3) is 0 Å². The van der Waals surface area contributed by atoms with Crippen LogP contribution in [0.4, 0.5) is 0 Å². The molecular weight excluding hydrogens is 180 g/mol. The van der Waals surface area contributed by atoms with E-state index in [0.29, 0.717) is 6.61 Å². The molecule has 0 spiro atoms. The zero-order chi connectivity index (χ0) is 9.97. The summed E-state index contributed by atoms with van der Waals surface area (Å²) in [6, 6.07) is 5.65. The molecular formula is C11H12O3. The number of ether oxygens (including phenoxy) is 2. The standard InChI is InChI=1S/C11H12O3/c1-13-10-3-2-4-11-9(10)5-8(6-12)7-14-11/h2-5,12H,6-7H2,1H3. The number of aliphatic hydroxyl groups is 1. The van der Waals surface area contributed by atoms with Gasteiger partial charge in [-0.2, -0.15) is 0 Å². The molecule has 1 heterocycles. The van der Waals surface area contributed by atoms with Gasteiger partial charge in [0.05, 0.1) is 19.3 Å². The summed E-state index contributed by atoms with van der Waals surface area (Å²) in [5, 5.41) is 8.99. The highest BCUT2D eigenvalue weighted by atomic mass is 16.5. The fourth-order valence-corrected chi connectivity index (χ4v) is 1.48. The van der Waals surface area contributed by atoms with Crippen LogP contribution in [0.5, 0.6) is 11.5 Å². The molecule has 0 radical (unpaired) electrons. The molecule has 0 unspecified atom stereocenters. The molecule has 0 amide bonds. The van der Waals surface area contributed by atoms with E-state index in [9.17, 15) is 0 Å². The van der Waals surface area contributed by atoms with Crippen LogP contribution in [0, 0.1) is 0 Å². The summed E-state index contributed by atoms with van der Waals surface area (Å²) < 4.78 is 10.7. The molecule has 3 heteroatoms. The monoisotopic (exact) mass is 192 g/mol. The van der Waals surface area contributed by atoms with E-state index in [2.05, 4.69) is 0 Å². The summed E-state index contributed by atoms with van der Waals surface area (Å²) in [6.07, 6.45) is 1.91. The van der Waals surface area contributed by atoms with Crippen LogP contribution in [0.1, 0.15) is 5.56 Å². The molecule has 14 heavy (non-hydrogen) atoms. The van der Waals surface area contributed by atoms with Crippen LogP contribution in [0.2, 0.25) is 0 Å². The van der Waals surface area contributed by atoms with E-state index in [4.69, 9.17) is 14.6 Å². The third-order valence-electron chi connectivity index (χ3n) is 2.21. The topological polar surface area (TPSA) is 38.7 Å². The smallest absolute Gasteiger partial charge is 0.130 e. The Balaban J connectivity index is 2.48. The second-order valence-electron chi connectivity index (χ2n) is 3.12. The lowest BCUT2D eigenvalue weighted by Gasteiger charge is -2.18. The van der Waals surface area contributed by atoms with E-state index in [0.717, 1.165) is 22.6 Å². The molecule has 2 rings (SSSR count). The summed E-state index contributed by atoms with van der Waals surface area (Å²) in [6.45, 7) is 0.480. The minimum Gasteiger partial charge on any atom is -0.496 e. The Labute approximate surface area is 82.6 Å². The van der Waals surface area contributed by atoms with Gasteiger partial charge in [-0.3, -0.25) is 0 Å². The molecule has 0 saturated heterocycles. The molecule has 0 aliphatic carbocycles. The van der Waals surface area contributed by atoms with Gasteiger partial charge in [0.15, 0.2) is 0 Å². The van der Waals surface area contributed by atoms with E-state index in [1.807, 2.05) is 24.3 Å². The van der Waals surface area contributed by atoms with Crippen molar-refractivity contribution < 1.29 is 14.6 Å². The summed E-state index contributed by atoms with van der Waals surface area (Å²) in [4.78, 5) is 0. The first kappa shape index (κ1) is 9.09. The first-order chi connectivity index (χ1) is 6.85. The zero-order valence-electron chi connectivity index (χ0n) is 7.99. The van der Waals surface area contributed by atoms with Gasteiger partial charge in [0.1, 0.15) is 18.1 Å². The Hall–Kier alpha value is -1.48. The number of hydrogen-bond acceptors (Lipinski definition) is 3. The fourth-order valence-electron chi connectivity index (χ4n) is 1.48. The average molecular weight is 192 g/mol. The van der Waals surface area contributed by atoms with E-state index in [1.54, 1.807) is 7.11 Å². The summed E-state index contributed by atoms with van der Waals surface area (Å²) in [5.74, 6) is 1.58. The van der Waals surface area contributed by atoms with Crippen LogP contribution in [0.3, 0.4) is 0 Å². The molecule has 3 nitrogen and oxygen atoms in total. The Kier molecular flexibility index (Phi) is 2.41. The number of fused-ring (bicyclic) bond motifs is 1. The van der Waals surface area contributed by atoms with Gasteiger partial charge in [0, 0.05) is 0 Å². The van der Waals surface area contributed by atoms with Crippen LogP contribution >= 0.6 is 0 Å². The molecule has 0 aromatic heterocycles. The Morgan fingerprint density at radius 1 is 1.50 bits per heavy atom. The highest BCUT2D eigenvalue weighted by Crippen LogP contribution is 2.33. The molecule has 1 aromatic carbocycles. The predicted molar refractivity (Wildman–Crippen MR) is 53.6 cm³/mol. The van der Waals surface area contributed by atoms with Crippen molar-refractivity contribution in [3.63, 3.8) is 0 Å². The van der Waals surface area contributed by atoms with E-state index >= 15 is 0 Å². The Bertz CT molecular complexity index is 369. The molecule has 74 valence electrons. The Morgan fingerprint density at radius 3 is 3.07 bits per heavy atom. The zero-order valence-corrected chi connectivity index (χ0v) is 7.99. The van der Waals surface area contributed by atoms with Crippen LogP contribution in [0.15, 0.2) is 23.8 Å². The number of benzene rings is 1. The van der Waals surface area contributed by atoms with Crippen molar-refractivity contribution in [2.45, 2.75) is 0 Å². The highest BCUT2D eigenvalue weighted by Gasteiger charge is 2.14. The van der Waals surface area contributed by atoms with Crippen molar-refractivity contribution in [2.75, 3.05) is 20.3 Å². The first-order valence-electron chi connectivity index (χ1n) is 4.45. The van der Waals surface area contributed by atoms with Gasteiger partial charge >= 0.3 is 0 Å². The maximum atomic E-state index is 8.99. The molecule has 0 saturated carbocycles. The van der Waals surface area contributed by atoms with Crippen molar-refractivity contribution in [3.8, 4) is 11.5 Å². The summed E-state index contributed by atoms with van der Waals surface area (Å²) >= 11 is 0. The molecule has 1 aromatic rings. The van der Waals surface area contributed by atoms with Gasteiger partial charge in [-0.1, -0.05) is 6.07 Å². The summed E-state index contributed by atoms with van der Waals surface area (Å²) in [7, 11) is 1.62. The lowest BCUT2D eigenvalue weighted by Crippen LogP contribution is -2.10. The minimum atomic E-state index is 0.0253. The molecule has 0 fully saturated rings. The van der Waals surface area contributed by atoms with Crippen molar-refractivity contribution in [1.82, 2.24) is 0 Å². The van der Waals surface area contributed by atoms with Crippen molar-refractivity contribution in [3.05, 3.63) is 29.3 Å². The maximum Gasteiger partial charge on any atom is 0.130 e. The summed E-state index contributed by atoms with van der Waals surface area (Å²) in [5.41, 5.74) is 1.77. The van der Waals surface area contributed by atoms with E-state index in [1.165, 1.54) is 0 Å². The van der Waals surface area contributed by atoms with Gasteiger partial charge in [0.2, 0.25) is 0 Å². The van der Waals surface area contributed by atoms with Crippen LogP contribution < -0.4 is 9.47 Å². The largest absolute Gasteiger partial charge is 0.496 e. The van der Waals surface area contributed by atoms with Gasteiger partial charge in [-0.05, 0) is 23.8 Å². The number of hydrogen-bond donors (Lipinski definition) is 1. The fraction of sp³-hybridized carbons (Fsp3) is 0.273. The highest BCUT2D eigenvalue weighted by molar-refractivity contribution is 5.68. The van der Waals surface area contributed by atoms with Crippen LogP contribution in [0.25, 0.3) is 6.08 Å². The molecule has 0 bridgehead atoms. The number of methoxy groups -OCH3 is 1. The maximum absolute atomic E-state index is 8.99. The molecule has 1 aliphatic rings. The second-order valence-corrected chi connectivity index (χ2v) is 3.12. The molecule has 0 atom stereocenters. The van der Waals surface area contributed by atoms with Crippen molar-refractivity contribution >= 4 is 6.08 Å². The van der Waals surface area contributed by atoms with Gasteiger partial charge < -0.3 is 14.6 Å². The normalized spacial score (nSPS) is 14.0. The van der Waals surface area contributed by atoms with E-state index in [-0.39, 0.29) is 6.61 Å². The number of rotatable bonds is 2. The quantitative estimate of drug-likeness (QED) is 0.771. The molecule has 1 N–H and O–H groups in total. The molecule has 1 aliphatic heterocycles. The Morgan fingerprint density at radius 2 is 2.36 bits per heavy atom. The third kappa shape index (κ3) is 1.46. The third-order valence-corrected chi connectivity index (χ3v) is 2.21. The second kappa shape index (κ2) is 3.72. The minimum absolute atomic E-state index is 0.0253. The van der Waals surface area contributed by atoms with Crippen molar-refractivity contribution in [2.24, 2.45) is 0 Å². The predicted octanol–water partition coefficient (Wildman–Crippen LogP) is 1.46. The van der Waals surface area contributed by atoms with Crippen LogP contribution in [-0.4, -0.2) is 25.4 Å². The van der Waals surface area contributed by atoms with Crippen molar-refractivity contribution in [1.29, 1.82) is 0 Å². The number of aliphatic hydroxyl groups excluding tert-OH is 1. The lowest BCUT2D eigenvalue weighted by molar-refractivity contribution is 0.284. The first-order valence-corrected chi connectivity index (χ1v) is 4.45. The average Bonchev–Trinajstić information content (AvgIpc) is 2.27. The SMILES string of the molecule is COc1cccc2c1C=C(CO)CO2. The van der Waals surface area contributed by atoms with Gasteiger partial charge in [-0.15, -0.1) is 0 Å². The van der Waals surface area contributed by atoms with E-state index < -0.39 is 0 Å². The van der Waals surface area contributed by atoms with Crippen LogP contribution in [-0.2, 0) is 0 Å². The lowest BCUT2D eigenvalue weighted by atomic mass is 10.1. The van der Waals surface area contributed by atoms with Gasteiger partial charge in [-0.25, -0.2) is 0 Å².